The number of nitrogens with two attached hydrogens (primary N) is 1. The fourth-order valence-electron chi connectivity index (χ4n) is 1.33. The highest BCUT2D eigenvalue weighted by atomic mass is 32.2. The summed E-state index contributed by atoms with van der Waals surface area (Å²) in [5.41, 5.74) is 5.50. The summed E-state index contributed by atoms with van der Waals surface area (Å²) in [6, 6.07) is 1.84. The molecule has 3 N–H and O–H groups in total. The van der Waals surface area contributed by atoms with Crippen LogP contribution in [0.15, 0.2) is 21.9 Å². The Balaban J connectivity index is 3.77. The van der Waals surface area contributed by atoms with Crippen molar-refractivity contribution < 1.29 is 26.1 Å². The highest BCUT2D eigenvalue weighted by molar-refractivity contribution is 7.92. The third kappa shape index (κ3) is 2.74. The lowest BCUT2D eigenvalue weighted by Crippen LogP contribution is -2.12. The average molecular weight is 295 g/mol. The van der Waals surface area contributed by atoms with Gasteiger partial charge in [-0.1, -0.05) is 6.92 Å². The van der Waals surface area contributed by atoms with E-state index in [-0.39, 0.29) is 17.2 Å². The molecule has 0 fully saturated rings. The zero-order valence-electron chi connectivity index (χ0n) is 9.74. The molecule has 9 heteroatoms. The van der Waals surface area contributed by atoms with E-state index in [2.05, 4.69) is 0 Å². The molecule has 1 aromatic rings. The molecule has 0 radical (unpaired) electrons. The molecule has 102 valence electrons. The molecule has 7 nitrogen and oxygen atoms in total. The second-order valence-electron chi connectivity index (χ2n) is 3.42. The van der Waals surface area contributed by atoms with Crippen LogP contribution in [0.4, 0.5) is 5.69 Å². The van der Waals surface area contributed by atoms with Gasteiger partial charge in [0.15, 0.2) is 9.84 Å². The molecule has 0 unspecified atom stereocenters. The van der Waals surface area contributed by atoms with Crippen LogP contribution in [0, 0.1) is 0 Å². The maximum absolute atomic E-state index is 11.7. The van der Waals surface area contributed by atoms with Gasteiger partial charge < -0.3 is 10.5 Å². The van der Waals surface area contributed by atoms with Crippen molar-refractivity contribution in [2.45, 2.75) is 16.7 Å². The number of hydrogen-bond acceptors (Lipinski definition) is 6. The lowest BCUT2D eigenvalue weighted by molar-refractivity contribution is 0.414. The first-order chi connectivity index (χ1) is 8.13. The second-order valence-corrected chi connectivity index (χ2v) is 7.06. The van der Waals surface area contributed by atoms with E-state index < -0.39 is 29.7 Å². The van der Waals surface area contributed by atoms with Gasteiger partial charge in [-0.15, -0.1) is 0 Å². The van der Waals surface area contributed by atoms with Gasteiger partial charge in [-0.05, 0) is 6.07 Å². The molecule has 0 aliphatic heterocycles. The van der Waals surface area contributed by atoms with Crippen LogP contribution in [0.5, 0.6) is 5.75 Å². The number of ether oxygens (including phenoxy) is 1. The van der Waals surface area contributed by atoms with Gasteiger partial charge in [0.05, 0.1) is 23.4 Å². The zero-order chi connectivity index (χ0) is 14.1. The molecule has 0 atom stereocenters. The van der Waals surface area contributed by atoms with Crippen molar-refractivity contribution >= 4 is 25.6 Å². The summed E-state index contributed by atoms with van der Waals surface area (Å²) >= 11 is 0. The van der Waals surface area contributed by atoms with Crippen LogP contribution in [0.1, 0.15) is 6.92 Å². The van der Waals surface area contributed by atoms with E-state index in [4.69, 9.17) is 15.0 Å². The van der Waals surface area contributed by atoms with Gasteiger partial charge in [-0.2, -0.15) is 8.42 Å². The molecule has 1 aromatic carbocycles. The number of nitrogen functional groups attached to an aromatic ring is 1. The van der Waals surface area contributed by atoms with E-state index in [1.54, 1.807) is 0 Å². The standard InChI is InChI=1S/C9H13NO6S2/c1-3-17(11,12)8-4-6(10)7(16-2)5-9(8)18(13,14)15/h4-5H,3,10H2,1-2H3,(H,13,14,15). The SMILES string of the molecule is CCS(=O)(=O)c1cc(N)c(OC)cc1S(=O)(=O)O. The smallest absolute Gasteiger partial charge is 0.295 e. The monoisotopic (exact) mass is 295 g/mol. The van der Waals surface area contributed by atoms with Gasteiger partial charge >= 0.3 is 0 Å². The van der Waals surface area contributed by atoms with Crippen molar-refractivity contribution in [2.24, 2.45) is 0 Å². The van der Waals surface area contributed by atoms with Crippen LogP contribution >= 0.6 is 0 Å². The Bertz CT molecular complexity index is 663. The third-order valence-corrected chi connectivity index (χ3v) is 5.08. The molecule has 0 amide bonds. The number of methoxy groups -OCH3 is 1. The van der Waals surface area contributed by atoms with E-state index in [0.29, 0.717) is 0 Å². The first-order valence-electron chi connectivity index (χ1n) is 4.81. The van der Waals surface area contributed by atoms with E-state index in [1.165, 1.54) is 14.0 Å². The van der Waals surface area contributed by atoms with Gasteiger partial charge in [-0.3, -0.25) is 4.55 Å². The van der Waals surface area contributed by atoms with Crippen LogP contribution in [0.25, 0.3) is 0 Å². The molecule has 0 aromatic heterocycles. The number of rotatable bonds is 4. The zero-order valence-corrected chi connectivity index (χ0v) is 11.4. The summed E-state index contributed by atoms with van der Waals surface area (Å²) in [6.07, 6.45) is 0. The molecule has 0 aliphatic rings. The summed E-state index contributed by atoms with van der Waals surface area (Å²) < 4.78 is 59.7. The number of hydrogen-bond donors (Lipinski definition) is 2. The first kappa shape index (κ1) is 14.7. The molecule has 0 aliphatic carbocycles. The second kappa shape index (κ2) is 4.75. The molecule has 0 spiro atoms. The van der Waals surface area contributed by atoms with E-state index in [0.717, 1.165) is 12.1 Å². The molecule has 1 rings (SSSR count). The summed E-state index contributed by atoms with van der Waals surface area (Å²) in [5.74, 6) is -0.348. The Morgan fingerprint density at radius 1 is 1.22 bits per heavy atom. The lowest BCUT2D eigenvalue weighted by atomic mass is 10.3. The third-order valence-electron chi connectivity index (χ3n) is 2.29. The highest BCUT2D eigenvalue weighted by Gasteiger charge is 2.26. The predicted molar refractivity (Wildman–Crippen MR) is 64.9 cm³/mol. The fraction of sp³-hybridized carbons (Fsp3) is 0.333. The van der Waals surface area contributed by atoms with Crippen molar-refractivity contribution in [2.75, 3.05) is 18.6 Å². The van der Waals surface area contributed by atoms with Gasteiger partial charge in [0.1, 0.15) is 10.6 Å². The summed E-state index contributed by atoms with van der Waals surface area (Å²) in [6.45, 7) is 1.35. The summed E-state index contributed by atoms with van der Waals surface area (Å²) in [7, 11) is -7.28. The Hall–Kier alpha value is -1.32. The highest BCUT2D eigenvalue weighted by Crippen LogP contribution is 2.31. The van der Waals surface area contributed by atoms with Crippen molar-refractivity contribution in [3.05, 3.63) is 12.1 Å². The first-order valence-corrected chi connectivity index (χ1v) is 7.90. The maximum Gasteiger partial charge on any atom is 0.295 e. The van der Waals surface area contributed by atoms with Crippen LogP contribution in [0.3, 0.4) is 0 Å². The molecule has 0 saturated carbocycles. The number of sulfone groups is 1. The fourth-order valence-corrected chi connectivity index (χ4v) is 3.58. The van der Waals surface area contributed by atoms with Gasteiger partial charge in [0, 0.05) is 6.07 Å². The lowest BCUT2D eigenvalue weighted by Gasteiger charge is -2.11. The van der Waals surface area contributed by atoms with Gasteiger partial charge in [-0.25, -0.2) is 8.42 Å². The minimum absolute atomic E-state index is 0.0299. The van der Waals surface area contributed by atoms with Crippen molar-refractivity contribution in [3.8, 4) is 5.75 Å². The summed E-state index contributed by atoms with van der Waals surface area (Å²) in [5, 5.41) is 0. The number of anilines is 1. The molecular formula is C9H13NO6S2. The van der Waals surface area contributed by atoms with Gasteiger partial charge in [0.25, 0.3) is 10.1 Å². The van der Waals surface area contributed by atoms with E-state index in [1.807, 2.05) is 0 Å². The maximum atomic E-state index is 11.7. The Morgan fingerprint density at radius 3 is 2.17 bits per heavy atom. The molecule has 18 heavy (non-hydrogen) atoms. The van der Waals surface area contributed by atoms with Crippen molar-refractivity contribution in [3.63, 3.8) is 0 Å². The minimum Gasteiger partial charge on any atom is -0.495 e. The normalized spacial score (nSPS) is 12.4. The van der Waals surface area contributed by atoms with Crippen molar-refractivity contribution in [1.29, 1.82) is 0 Å². The number of benzene rings is 1. The van der Waals surface area contributed by atoms with Crippen LogP contribution < -0.4 is 10.5 Å². The summed E-state index contributed by atoms with van der Waals surface area (Å²) in [4.78, 5) is -1.28. The Morgan fingerprint density at radius 2 is 1.78 bits per heavy atom. The molecule has 0 bridgehead atoms. The van der Waals surface area contributed by atoms with E-state index >= 15 is 0 Å². The van der Waals surface area contributed by atoms with Gasteiger partial charge in [0.2, 0.25) is 0 Å². The van der Waals surface area contributed by atoms with Crippen LogP contribution in [0.2, 0.25) is 0 Å². The predicted octanol–water partition coefficient (Wildman–Crippen LogP) is 0.318. The molecule has 0 heterocycles. The van der Waals surface area contributed by atoms with Crippen molar-refractivity contribution in [1.82, 2.24) is 0 Å². The van der Waals surface area contributed by atoms with Crippen LogP contribution in [-0.2, 0) is 20.0 Å². The van der Waals surface area contributed by atoms with E-state index in [9.17, 15) is 16.8 Å². The largest absolute Gasteiger partial charge is 0.495 e. The molecular weight excluding hydrogens is 282 g/mol. The topological polar surface area (TPSA) is 124 Å². The quantitative estimate of drug-likeness (QED) is 0.605. The molecule has 0 saturated heterocycles. The minimum atomic E-state index is -4.69. The Kier molecular flexibility index (Phi) is 3.89. The van der Waals surface area contributed by atoms with Crippen LogP contribution in [-0.4, -0.2) is 34.3 Å². The Labute approximate surface area is 105 Å². The average Bonchev–Trinajstić information content (AvgIpc) is 2.27.